The van der Waals surface area contributed by atoms with Gasteiger partial charge in [-0.3, -0.25) is 0 Å². The van der Waals surface area contributed by atoms with Crippen LogP contribution in [0.15, 0.2) is 60.7 Å². The highest BCUT2D eigenvalue weighted by molar-refractivity contribution is 5.97. The first kappa shape index (κ1) is 15.0. The van der Waals surface area contributed by atoms with Crippen molar-refractivity contribution in [3.05, 3.63) is 71.8 Å². The van der Waals surface area contributed by atoms with Crippen molar-refractivity contribution < 1.29 is 9.16 Å². The molecule has 0 saturated carbocycles. The van der Waals surface area contributed by atoms with Crippen molar-refractivity contribution in [3.8, 4) is 0 Å². The summed E-state index contributed by atoms with van der Waals surface area (Å²) >= 11 is 0. The predicted molar refractivity (Wildman–Crippen MR) is 85.9 cm³/mol. The molecule has 2 nitrogen and oxygen atoms in total. The maximum atomic E-state index is 5.99. The van der Waals surface area contributed by atoms with Crippen LogP contribution in [0.5, 0.6) is 0 Å². The number of hydrogen-bond acceptors (Lipinski definition) is 2. The fraction of sp³-hybridized carbons (Fsp3) is 0.294. The first-order valence-electron chi connectivity index (χ1n) is 7.07. The van der Waals surface area contributed by atoms with E-state index in [4.69, 9.17) is 9.16 Å². The van der Waals surface area contributed by atoms with Crippen molar-refractivity contribution in [1.29, 1.82) is 0 Å². The molecule has 20 heavy (non-hydrogen) atoms. The van der Waals surface area contributed by atoms with Crippen LogP contribution in [0.4, 0.5) is 0 Å². The normalized spacial score (nSPS) is 11.1. The zero-order valence-corrected chi connectivity index (χ0v) is 14.0. The lowest BCUT2D eigenvalue weighted by Crippen LogP contribution is -2.21. The Morgan fingerprint density at radius 3 is 1.70 bits per heavy atom. The van der Waals surface area contributed by atoms with E-state index in [0.29, 0.717) is 13.2 Å². The molecule has 0 unspecified atom stereocenters. The second-order valence-corrected chi connectivity index (χ2v) is 5.44. The van der Waals surface area contributed by atoms with Crippen LogP contribution in [0.25, 0.3) is 0 Å². The molecule has 0 radical (unpaired) electrons. The maximum absolute atomic E-state index is 5.99. The molecule has 0 atom stereocenters. The van der Waals surface area contributed by atoms with Crippen molar-refractivity contribution >= 4 is 10.5 Å². The zero-order valence-electron chi connectivity index (χ0n) is 12.0. The van der Waals surface area contributed by atoms with Gasteiger partial charge in [-0.15, -0.1) is 0 Å². The SMILES string of the molecule is [SiH3]OCCOC(Cc1ccccc1)Cc1ccccc1. The van der Waals surface area contributed by atoms with Gasteiger partial charge < -0.3 is 9.16 Å². The predicted octanol–water partition coefficient (Wildman–Crippen LogP) is 2.15. The Balaban J connectivity index is 1.96. The van der Waals surface area contributed by atoms with Crippen molar-refractivity contribution in [1.82, 2.24) is 0 Å². The summed E-state index contributed by atoms with van der Waals surface area (Å²) in [6.07, 6.45) is 2.09. The number of benzene rings is 2. The fourth-order valence-electron chi connectivity index (χ4n) is 2.24. The van der Waals surface area contributed by atoms with Crippen LogP contribution in [0.2, 0.25) is 0 Å². The topological polar surface area (TPSA) is 18.5 Å². The number of rotatable bonds is 8. The van der Waals surface area contributed by atoms with E-state index in [1.165, 1.54) is 11.1 Å². The van der Waals surface area contributed by atoms with Gasteiger partial charge in [0.1, 0.15) is 10.5 Å². The molecule has 0 aliphatic rings. The average Bonchev–Trinajstić information content (AvgIpc) is 2.49. The van der Waals surface area contributed by atoms with Gasteiger partial charge in [-0.1, -0.05) is 60.7 Å². The molecule has 106 valence electrons. The summed E-state index contributed by atoms with van der Waals surface area (Å²) in [5.74, 6) is 0. The van der Waals surface area contributed by atoms with E-state index >= 15 is 0 Å². The Morgan fingerprint density at radius 1 is 0.750 bits per heavy atom. The van der Waals surface area contributed by atoms with Crippen LogP contribution in [0.1, 0.15) is 11.1 Å². The first-order valence-corrected chi connectivity index (χ1v) is 7.88. The van der Waals surface area contributed by atoms with Crippen LogP contribution in [0.3, 0.4) is 0 Å². The molecule has 2 aromatic carbocycles. The summed E-state index contributed by atoms with van der Waals surface area (Å²) in [5, 5.41) is 0. The van der Waals surface area contributed by atoms with Crippen molar-refractivity contribution in [2.75, 3.05) is 13.2 Å². The van der Waals surface area contributed by atoms with E-state index in [1.54, 1.807) is 0 Å². The quantitative estimate of drug-likeness (QED) is 0.547. The van der Waals surface area contributed by atoms with Gasteiger partial charge in [0.15, 0.2) is 0 Å². The number of ether oxygens (including phenoxy) is 1. The van der Waals surface area contributed by atoms with E-state index in [9.17, 15) is 0 Å². The second-order valence-electron chi connectivity index (χ2n) is 4.87. The lowest BCUT2D eigenvalue weighted by Gasteiger charge is -2.18. The van der Waals surface area contributed by atoms with E-state index in [1.807, 2.05) is 12.1 Å². The van der Waals surface area contributed by atoms with Gasteiger partial charge in [0.2, 0.25) is 0 Å². The molecular weight excluding hydrogens is 264 g/mol. The van der Waals surface area contributed by atoms with Gasteiger partial charge in [-0.05, 0) is 24.0 Å². The summed E-state index contributed by atoms with van der Waals surface area (Å²) in [4.78, 5) is 0. The highest BCUT2D eigenvalue weighted by Crippen LogP contribution is 2.12. The largest absolute Gasteiger partial charge is 0.426 e. The molecule has 0 saturated heterocycles. The Hall–Kier alpha value is -1.42. The minimum absolute atomic E-state index is 0.205. The molecule has 0 aromatic heterocycles. The van der Waals surface area contributed by atoms with Crippen molar-refractivity contribution in [3.63, 3.8) is 0 Å². The zero-order chi connectivity index (χ0) is 14.0. The highest BCUT2D eigenvalue weighted by Gasteiger charge is 2.11. The van der Waals surface area contributed by atoms with Gasteiger partial charge >= 0.3 is 0 Å². The molecule has 0 bridgehead atoms. The monoisotopic (exact) mass is 286 g/mol. The first-order chi connectivity index (χ1) is 9.88. The minimum atomic E-state index is 0.205. The fourth-order valence-corrected chi connectivity index (χ4v) is 2.41. The Kier molecular flexibility index (Phi) is 6.51. The molecular formula is C17H22O2Si. The van der Waals surface area contributed by atoms with Crippen LogP contribution in [0, 0.1) is 0 Å². The van der Waals surface area contributed by atoms with Gasteiger partial charge in [0.25, 0.3) is 0 Å². The van der Waals surface area contributed by atoms with E-state index in [2.05, 4.69) is 48.5 Å². The number of hydrogen-bond donors (Lipinski definition) is 0. The lowest BCUT2D eigenvalue weighted by atomic mass is 10.0. The summed E-state index contributed by atoms with van der Waals surface area (Å²) in [7, 11) is 0.774. The molecule has 0 aliphatic carbocycles. The molecule has 0 aliphatic heterocycles. The molecule has 0 N–H and O–H groups in total. The molecule has 0 amide bonds. The Bertz CT molecular complexity index is 431. The van der Waals surface area contributed by atoms with E-state index < -0.39 is 0 Å². The smallest absolute Gasteiger partial charge is 0.146 e. The van der Waals surface area contributed by atoms with Crippen LogP contribution >= 0.6 is 0 Å². The third-order valence-electron chi connectivity index (χ3n) is 3.25. The second kappa shape index (κ2) is 8.69. The Morgan fingerprint density at radius 2 is 1.25 bits per heavy atom. The summed E-state index contributed by atoms with van der Waals surface area (Å²) in [5.41, 5.74) is 2.64. The van der Waals surface area contributed by atoms with E-state index in [-0.39, 0.29) is 6.10 Å². The van der Waals surface area contributed by atoms with Crippen LogP contribution in [-0.4, -0.2) is 29.8 Å². The molecule has 2 rings (SSSR count). The highest BCUT2D eigenvalue weighted by atomic mass is 28.2. The van der Waals surface area contributed by atoms with Gasteiger partial charge in [0, 0.05) is 0 Å². The average molecular weight is 286 g/mol. The molecule has 3 heteroatoms. The van der Waals surface area contributed by atoms with E-state index in [0.717, 1.165) is 23.3 Å². The lowest BCUT2D eigenvalue weighted by molar-refractivity contribution is 0.0358. The molecule has 0 spiro atoms. The van der Waals surface area contributed by atoms with Crippen molar-refractivity contribution in [2.24, 2.45) is 0 Å². The van der Waals surface area contributed by atoms with Crippen LogP contribution < -0.4 is 0 Å². The maximum Gasteiger partial charge on any atom is 0.146 e. The van der Waals surface area contributed by atoms with Crippen LogP contribution in [-0.2, 0) is 22.0 Å². The summed E-state index contributed by atoms with van der Waals surface area (Å²) < 4.78 is 11.2. The third kappa shape index (κ3) is 5.29. The molecule has 0 fully saturated rings. The Labute approximate surface area is 124 Å². The molecule has 2 aromatic rings. The van der Waals surface area contributed by atoms with Gasteiger partial charge in [0.05, 0.1) is 19.3 Å². The summed E-state index contributed by atoms with van der Waals surface area (Å²) in [6, 6.07) is 21.0. The molecule has 0 heterocycles. The van der Waals surface area contributed by atoms with Crippen molar-refractivity contribution in [2.45, 2.75) is 18.9 Å². The summed E-state index contributed by atoms with van der Waals surface area (Å²) in [6.45, 7) is 1.38. The van der Waals surface area contributed by atoms with Gasteiger partial charge in [-0.2, -0.15) is 0 Å². The standard InChI is InChI=1S/C17H22O2Si/c20-19-12-11-18-17(13-15-7-3-1-4-8-15)14-16-9-5-2-6-10-16/h1-10,17H,11-14H2,20H3. The minimum Gasteiger partial charge on any atom is -0.426 e. The van der Waals surface area contributed by atoms with Gasteiger partial charge in [-0.25, -0.2) is 0 Å². The third-order valence-corrected chi connectivity index (χ3v) is 3.66.